The van der Waals surface area contributed by atoms with Gasteiger partial charge < -0.3 is 15.2 Å². The molecule has 4 heteroatoms. The third-order valence-corrected chi connectivity index (χ3v) is 3.19. The van der Waals surface area contributed by atoms with Crippen LogP contribution in [0.25, 0.3) is 0 Å². The third-order valence-electron chi connectivity index (χ3n) is 3.19. The Bertz CT molecular complexity index is 382. The minimum atomic E-state index is 0.312. The molecule has 1 aromatic carbocycles. The molecule has 0 aromatic heterocycles. The average molecular weight is 236 g/mol. The number of methoxy groups -OCH3 is 2. The summed E-state index contributed by atoms with van der Waals surface area (Å²) in [4.78, 5) is 2.35. The van der Waals surface area contributed by atoms with Crippen LogP contribution < -0.4 is 15.2 Å². The lowest BCUT2D eigenvalue weighted by Gasteiger charge is -2.17. The van der Waals surface area contributed by atoms with Gasteiger partial charge in [-0.3, -0.25) is 4.90 Å². The highest BCUT2D eigenvalue weighted by molar-refractivity contribution is 5.40. The van der Waals surface area contributed by atoms with Crippen molar-refractivity contribution < 1.29 is 9.47 Å². The molecule has 1 aliphatic rings. The largest absolute Gasteiger partial charge is 0.497 e. The Balaban J connectivity index is 2.12. The lowest BCUT2D eigenvalue weighted by atomic mass is 10.1. The standard InChI is InChI=1S/C13H20N2O2/c1-16-12-3-4-13(17-2)10(7-12)8-15-6-5-11(14)9-15/h3-4,7,11H,5-6,8-9,14H2,1-2H3/t11-/m0/s1. The Morgan fingerprint density at radius 3 is 2.76 bits per heavy atom. The molecule has 2 N–H and O–H groups in total. The van der Waals surface area contributed by atoms with Crippen LogP contribution in [0, 0.1) is 0 Å². The monoisotopic (exact) mass is 236 g/mol. The Morgan fingerprint density at radius 2 is 2.18 bits per heavy atom. The van der Waals surface area contributed by atoms with Crippen LogP contribution in [0.3, 0.4) is 0 Å². The molecule has 94 valence electrons. The summed E-state index contributed by atoms with van der Waals surface area (Å²) in [6, 6.07) is 6.21. The van der Waals surface area contributed by atoms with E-state index in [-0.39, 0.29) is 0 Å². The summed E-state index contributed by atoms with van der Waals surface area (Å²) in [5, 5.41) is 0. The lowest BCUT2D eigenvalue weighted by molar-refractivity contribution is 0.315. The van der Waals surface area contributed by atoms with E-state index in [0.717, 1.165) is 43.1 Å². The fraction of sp³-hybridized carbons (Fsp3) is 0.538. The Hall–Kier alpha value is -1.26. The van der Waals surface area contributed by atoms with E-state index < -0.39 is 0 Å². The predicted molar refractivity (Wildman–Crippen MR) is 67.4 cm³/mol. The summed E-state index contributed by atoms with van der Waals surface area (Å²) in [5.74, 6) is 1.77. The minimum Gasteiger partial charge on any atom is -0.497 e. The number of nitrogens with zero attached hydrogens (tertiary/aromatic N) is 1. The van der Waals surface area contributed by atoms with E-state index in [1.54, 1.807) is 14.2 Å². The van der Waals surface area contributed by atoms with Crippen molar-refractivity contribution in [3.05, 3.63) is 23.8 Å². The van der Waals surface area contributed by atoms with Gasteiger partial charge in [-0.1, -0.05) is 0 Å². The van der Waals surface area contributed by atoms with Crippen molar-refractivity contribution in [1.29, 1.82) is 0 Å². The average Bonchev–Trinajstić information content (AvgIpc) is 2.74. The molecule has 0 bridgehead atoms. The van der Waals surface area contributed by atoms with Gasteiger partial charge in [-0.15, -0.1) is 0 Å². The zero-order valence-electron chi connectivity index (χ0n) is 10.5. The topological polar surface area (TPSA) is 47.7 Å². The molecule has 1 aromatic rings. The quantitative estimate of drug-likeness (QED) is 0.854. The van der Waals surface area contributed by atoms with Crippen LogP contribution in [0.15, 0.2) is 18.2 Å². The van der Waals surface area contributed by atoms with Crippen LogP contribution in [0.4, 0.5) is 0 Å². The van der Waals surface area contributed by atoms with E-state index in [9.17, 15) is 0 Å². The van der Waals surface area contributed by atoms with E-state index in [1.807, 2.05) is 18.2 Å². The normalized spacial score (nSPS) is 20.5. The van der Waals surface area contributed by atoms with E-state index in [2.05, 4.69) is 4.90 Å². The second kappa shape index (κ2) is 5.38. The summed E-state index contributed by atoms with van der Waals surface area (Å²) in [6.45, 7) is 2.88. The number of nitrogens with two attached hydrogens (primary N) is 1. The van der Waals surface area contributed by atoms with Crippen molar-refractivity contribution in [1.82, 2.24) is 4.90 Å². The molecular formula is C13H20N2O2. The molecule has 0 amide bonds. The fourth-order valence-corrected chi connectivity index (χ4v) is 2.25. The number of benzene rings is 1. The van der Waals surface area contributed by atoms with Gasteiger partial charge in [0.2, 0.25) is 0 Å². The first-order valence-electron chi connectivity index (χ1n) is 5.91. The van der Waals surface area contributed by atoms with Crippen molar-refractivity contribution >= 4 is 0 Å². The maximum atomic E-state index is 5.91. The number of ether oxygens (including phenoxy) is 2. The number of likely N-dealkylation sites (tertiary alicyclic amines) is 1. The van der Waals surface area contributed by atoms with E-state index in [0.29, 0.717) is 6.04 Å². The maximum Gasteiger partial charge on any atom is 0.123 e. The maximum absolute atomic E-state index is 5.91. The summed E-state index contributed by atoms with van der Waals surface area (Å²) in [6.07, 6.45) is 1.08. The van der Waals surface area contributed by atoms with E-state index in [4.69, 9.17) is 15.2 Å². The summed E-state index contributed by atoms with van der Waals surface area (Å²) in [7, 11) is 3.37. The molecule has 1 fully saturated rings. The van der Waals surface area contributed by atoms with Crippen LogP contribution in [0.5, 0.6) is 11.5 Å². The first-order valence-corrected chi connectivity index (χ1v) is 5.91. The van der Waals surface area contributed by atoms with Crippen molar-refractivity contribution in [2.75, 3.05) is 27.3 Å². The fourth-order valence-electron chi connectivity index (χ4n) is 2.25. The van der Waals surface area contributed by atoms with Gasteiger partial charge in [-0.2, -0.15) is 0 Å². The van der Waals surface area contributed by atoms with Gasteiger partial charge in [0.05, 0.1) is 14.2 Å². The Morgan fingerprint density at radius 1 is 1.35 bits per heavy atom. The van der Waals surface area contributed by atoms with Crippen LogP contribution in [0.1, 0.15) is 12.0 Å². The highest BCUT2D eigenvalue weighted by Crippen LogP contribution is 2.26. The van der Waals surface area contributed by atoms with E-state index >= 15 is 0 Å². The van der Waals surface area contributed by atoms with Gasteiger partial charge in [0.15, 0.2) is 0 Å². The molecule has 0 unspecified atom stereocenters. The molecule has 0 saturated carbocycles. The molecule has 4 nitrogen and oxygen atoms in total. The van der Waals surface area contributed by atoms with Gasteiger partial charge in [-0.05, 0) is 24.6 Å². The van der Waals surface area contributed by atoms with E-state index in [1.165, 1.54) is 0 Å². The van der Waals surface area contributed by atoms with Gasteiger partial charge in [-0.25, -0.2) is 0 Å². The van der Waals surface area contributed by atoms with Gasteiger partial charge in [0.1, 0.15) is 11.5 Å². The van der Waals surface area contributed by atoms with Gasteiger partial charge in [0.25, 0.3) is 0 Å². The smallest absolute Gasteiger partial charge is 0.123 e. The van der Waals surface area contributed by atoms with Crippen molar-refractivity contribution in [2.45, 2.75) is 19.0 Å². The van der Waals surface area contributed by atoms with Crippen LogP contribution >= 0.6 is 0 Å². The molecule has 0 aliphatic carbocycles. The zero-order chi connectivity index (χ0) is 12.3. The molecule has 1 heterocycles. The summed E-state index contributed by atoms with van der Waals surface area (Å²) >= 11 is 0. The van der Waals surface area contributed by atoms with Crippen molar-refractivity contribution in [2.24, 2.45) is 5.73 Å². The number of rotatable bonds is 4. The van der Waals surface area contributed by atoms with Crippen LogP contribution in [0.2, 0.25) is 0 Å². The molecule has 1 aliphatic heterocycles. The summed E-state index contributed by atoms with van der Waals surface area (Å²) < 4.78 is 10.6. The van der Waals surface area contributed by atoms with Crippen LogP contribution in [-0.2, 0) is 6.54 Å². The first-order chi connectivity index (χ1) is 8.22. The number of hydrogen-bond donors (Lipinski definition) is 1. The molecular weight excluding hydrogens is 216 g/mol. The lowest BCUT2D eigenvalue weighted by Crippen LogP contribution is -2.26. The SMILES string of the molecule is COc1ccc(OC)c(CN2CC[C@H](N)C2)c1. The Kier molecular flexibility index (Phi) is 3.86. The summed E-state index contributed by atoms with van der Waals surface area (Å²) in [5.41, 5.74) is 7.06. The second-order valence-electron chi connectivity index (χ2n) is 4.46. The van der Waals surface area contributed by atoms with Gasteiger partial charge >= 0.3 is 0 Å². The second-order valence-corrected chi connectivity index (χ2v) is 4.46. The first kappa shape index (κ1) is 12.2. The van der Waals surface area contributed by atoms with Crippen LogP contribution in [-0.4, -0.2) is 38.3 Å². The highest BCUT2D eigenvalue weighted by atomic mass is 16.5. The molecule has 0 radical (unpaired) electrons. The molecule has 1 atom stereocenters. The molecule has 17 heavy (non-hydrogen) atoms. The highest BCUT2D eigenvalue weighted by Gasteiger charge is 2.20. The van der Waals surface area contributed by atoms with Crippen molar-refractivity contribution in [3.8, 4) is 11.5 Å². The predicted octanol–water partition coefficient (Wildman–Crippen LogP) is 1.24. The van der Waals surface area contributed by atoms with Crippen molar-refractivity contribution in [3.63, 3.8) is 0 Å². The third kappa shape index (κ3) is 2.90. The Labute approximate surface area is 102 Å². The zero-order valence-corrected chi connectivity index (χ0v) is 10.5. The number of hydrogen-bond acceptors (Lipinski definition) is 4. The van der Waals surface area contributed by atoms with Gasteiger partial charge in [0, 0.05) is 31.2 Å². The molecule has 0 spiro atoms. The molecule has 2 rings (SSSR count). The molecule has 1 saturated heterocycles. The minimum absolute atomic E-state index is 0.312.